The van der Waals surface area contributed by atoms with E-state index in [1.54, 1.807) is 0 Å². The van der Waals surface area contributed by atoms with E-state index in [2.05, 4.69) is 19.1 Å². The van der Waals surface area contributed by atoms with Crippen LogP contribution in [-0.4, -0.2) is 11.7 Å². The number of hydrogen-bond acceptors (Lipinski definition) is 1. The summed E-state index contributed by atoms with van der Waals surface area (Å²) in [7, 11) is 0. The lowest BCUT2D eigenvalue weighted by Crippen LogP contribution is -2.05. The van der Waals surface area contributed by atoms with Crippen molar-refractivity contribution in [1.82, 2.24) is 0 Å². The van der Waals surface area contributed by atoms with E-state index in [0.717, 1.165) is 11.8 Å². The van der Waals surface area contributed by atoms with Gasteiger partial charge in [-0.05, 0) is 42.9 Å². The summed E-state index contributed by atoms with van der Waals surface area (Å²) in [6.07, 6.45) is 9.61. The predicted molar refractivity (Wildman–Crippen MR) is 49.8 cm³/mol. The Morgan fingerprint density at radius 2 is 1.75 bits per heavy atom. The first-order valence-electron chi connectivity index (χ1n) is 5.05. The molecule has 0 aromatic rings. The van der Waals surface area contributed by atoms with Crippen LogP contribution in [-0.2, 0) is 0 Å². The van der Waals surface area contributed by atoms with Gasteiger partial charge in [0.05, 0.1) is 0 Å². The molecule has 2 rings (SSSR count). The van der Waals surface area contributed by atoms with Gasteiger partial charge in [0, 0.05) is 6.61 Å². The molecular formula is C11H18O. The van der Waals surface area contributed by atoms with E-state index in [1.807, 2.05) is 0 Å². The van der Waals surface area contributed by atoms with Crippen molar-refractivity contribution < 1.29 is 5.11 Å². The number of hydrogen-bond donors (Lipinski definition) is 1. The molecule has 0 radical (unpaired) electrons. The van der Waals surface area contributed by atoms with Crippen LogP contribution in [0.2, 0.25) is 0 Å². The van der Waals surface area contributed by atoms with Gasteiger partial charge in [-0.25, -0.2) is 0 Å². The van der Waals surface area contributed by atoms with E-state index in [-0.39, 0.29) is 5.41 Å². The average Bonchev–Trinajstić information content (AvgIpc) is 2.54. The van der Waals surface area contributed by atoms with E-state index < -0.39 is 0 Å². The van der Waals surface area contributed by atoms with Crippen LogP contribution in [0.5, 0.6) is 0 Å². The number of allylic oxidation sites excluding steroid dienone is 2. The number of aliphatic hydroxyl groups excluding tert-OH is 1. The highest BCUT2D eigenvalue weighted by Gasteiger charge is 2.58. The maximum Gasteiger partial charge on any atom is 0.0490 e. The second-order valence-electron chi connectivity index (χ2n) is 4.50. The number of fused-ring (bicyclic) bond motifs is 1. The Kier molecular flexibility index (Phi) is 1.99. The lowest BCUT2D eigenvalue weighted by molar-refractivity contribution is 0.201. The van der Waals surface area contributed by atoms with Crippen molar-refractivity contribution in [3.63, 3.8) is 0 Å². The van der Waals surface area contributed by atoms with Gasteiger partial charge in [-0.1, -0.05) is 19.1 Å². The van der Waals surface area contributed by atoms with Crippen LogP contribution in [0.15, 0.2) is 12.2 Å². The summed E-state index contributed by atoms with van der Waals surface area (Å²) in [5.41, 5.74) is 0.284. The zero-order valence-electron chi connectivity index (χ0n) is 7.79. The fourth-order valence-electron chi connectivity index (χ4n) is 2.85. The largest absolute Gasteiger partial charge is 0.396 e. The zero-order valence-corrected chi connectivity index (χ0v) is 7.79. The molecule has 0 amide bonds. The first kappa shape index (κ1) is 8.31. The molecule has 0 heterocycles. The molecule has 0 aromatic heterocycles. The minimum atomic E-state index is 0.284. The highest BCUT2D eigenvalue weighted by Crippen LogP contribution is 2.62. The van der Waals surface area contributed by atoms with Gasteiger partial charge in [0.25, 0.3) is 0 Å². The third-order valence-electron chi connectivity index (χ3n) is 3.87. The van der Waals surface area contributed by atoms with Gasteiger partial charge in [0.2, 0.25) is 0 Å². The van der Waals surface area contributed by atoms with Crippen LogP contribution >= 0.6 is 0 Å². The van der Waals surface area contributed by atoms with E-state index in [9.17, 15) is 5.11 Å². The normalized spacial score (nSPS) is 48.8. The molecule has 3 atom stereocenters. The lowest BCUT2D eigenvalue weighted by Gasteiger charge is -2.05. The molecule has 0 saturated heterocycles. The van der Waals surface area contributed by atoms with Crippen molar-refractivity contribution in [2.75, 3.05) is 6.61 Å². The molecule has 12 heavy (non-hydrogen) atoms. The van der Waals surface area contributed by atoms with Gasteiger partial charge in [0.15, 0.2) is 0 Å². The topological polar surface area (TPSA) is 20.2 Å². The molecule has 68 valence electrons. The summed E-state index contributed by atoms with van der Waals surface area (Å²) >= 11 is 0. The monoisotopic (exact) mass is 166 g/mol. The summed E-state index contributed by atoms with van der Waals surface area (Å²) in [5.74, 6) is 1.62. The van der Waals surface area contributed by atoms with E-state index in [0.29, 0.717) is 6.61 Å². The Hall–Kier alpha value is -0.300. The maximum atomic E-state index is 9.26. The van der Waals surface area contributed by atoms with Crippen LogP contribution in [0.25, 0.3) is 0 Å². The van der Waals surface area contributed by atoms with E-state index >= 15 is 0 Å². The van der Waals surface area contributed by atoms with Crippen LogP contribution in [0.3, 0.4) is 0 Å². The lowest BCUT2D eigenvalue weighted by atomic mass is 10.0. The van der Waals surface area contributed by atoms with Crippen molar-refractivity contribution in [1.29, 1.82) is 0 Å². The highest BCUT2D eigenvalue weighted by molar-refractivity contribution is 5.09. The number of aliphatic hydroxyl groups is 1. The molecule has 0 unspecified atom stereocenters. The van der Waals surface area contributed by atoms with Crippen molar-refractivity contribution in [3.8, 4) is 0 Å². The molecule has 1 nitrogen and oxygen atoms in total. The van der Waals surface area contributed by atoms with Gasteiger partial charge in [-0.2, -0.15) is 0 Å². The van der Waals surface area contributed by atoms with Crippen LogP contribution < -0.4 is 0 Å². The molecule has 1 N–H and O–H groups in total. The smallest absolute Gasteiger partial charge is 0.0490 e. The molecule has 1 saturated carbocycles. The van der Waals surface area contributed by atoms with Crippen molar-refractivity contribution >= 4 is 0 Å². The number of rotatable bonds is 1. The molecular weight excluding hydrogens is 148 g/mol. The summed E-state index contributed by atoms with van der Waals surface area (Å²) in [4.78, 5) is 0. The SMILES string of the molecule is C[C@]1(CO)[C@@H]2CC/C=C\CC[C@@H]21. The first-order chi connectivity index (χ1) is 5.79. The summed E-state index contributed by atoms with van der Waals surface area (Å²) in [6.45, 7) is 2.63. The molecule has 2 aliphatic carbocycles. The zero-order chi connectivity index (χ0) is 8.60. The Morgan fingerprint density at radius 3 is 2.17 bits per heavy atom. The predicted octanol–water partition coefficient (Wildman–Crippen LogP) is 2.36. The van der Waals surface area contributed by atoms with Crippen molar-refractivity contribution in [2.45, 2.75) is 32.6 Å². The van der Waals surface area contributed by atoms with Crippen LogP contribution in [0.4, 0.5) is 0 Å². The minimum Gasteiger partial charge on any atom is -0.396 e. The third-order valence-corrected chi connectivity index (χ3v) is 3.87. The maximum absolute atomic E-state index is 9.26. The van der Waals surface area contributed by atoms with E-state index in [4.69, 9.17) is 0 Å². The molecule has 0 aromatic carbocycles. The molecule has 0 spiro atoms. The highest BCUT2D eigenvalue weighted by atomic mass is 16.3. The molecule has 0 aliphatic heterocycles. The fourth-order valence-corrected chi connectivity index (χ4v) is 2.85. The first-order valence-corrected chi connectivity index (χ1v) is 5.05. The van der Waals surface area contributed by atoms with E-state index in [1.165, 1.54) is 25.7 Å². The standard InChI is InChI=1S/C11H18O/c1-11(8-12)9-6-4-2-3-5-7-10(9)11/h2-3,9-10,12H,4-8H2,1H3/b3-2-/t9-,10+,11+. The van der Waals surface area contributed by atoms with Gasteiger partial charge in [0.1, 0.15) is 0 Å². The molecule has 0 bridgehead atoms. The van der Waals surface area contributed by atoms with Crippen molar-refractivity contribution in [2.24, 2.45) is 17.3 Å². The Labute approximate surface area is 74.5 Å². The Morgan fingerprint density at radius 1 is 1.25 bits per heavy atom. The molecule has 2 aliphatic rings. The summed E-state index contributed by atoms with van der Waals surface area (Å²) < 4.78 is 0. The summed E-state index contributed by atoms with van der Waals surface area (Å²) in [5, 5.41) is 9.26. The van der Waals surface area contributed by atoms with Gasteiger partial charge >= 0.3 is 0 Å². The third kappa shape index (κ3) is 1.11. The second-order valence-corrected chi connectivity index (χ2v) is 4.50. The van der Waals surface area contributed by atoms with Gasteiger partial charge in [-0.3, -0.25) is 0 Å². The Balaban J connectivity index is 2.02. The van der Waals surface area contributed by atoms with Gasteiger partial charge in [-0.15, -0.1) is 0 Å². The van der Waals surface area contributed by atoms with Gasteiger partial charge < -0.3 is 5.11 Å². The van der Waals surface area contributed by atoms with Crippen molar-refractivity contribution in [3.05, 3.63) is 12.2 Å². The molecule has 1 heteroatoms. The summed E-state index contributed by atoms with van der Waals surface area (Å²) in [6, 6.07) is 0. The average molecular weight is 166 g/mol. The second kappa shape index (κ2) is 2.88. The quantitative estimate of drug-likeness (QED) is 0.593. The van der Waals surface area contributed by atoms with Crippen LogP contribution in [0, 0.1) is 17.3 Å². The van der Waals surface area contributed by atoms with Crippen LogP contribution in [0.1, 0.15) is 32.6 Å². The molecule has 1 fully saturated rings. The minimum absolute atomic E-state index is 0.284. The Bertz CT molecular complexity index is 179. The fraction of sp³-hybridized carbons (Fsp3) is 0.818.